The summed E-state index contributed by atoms with van der Waals surface area (Å²) in [5, 5.41) is 9.14. The summed E-state index contributed by atoms with van der Waals surface area (Å²) in [6, 6.07) is 12.2. The molecule has 1 saturated heterocycles. The van der Waals surface area contributed by atoms with Gasteiger partial charge in [-0.15, -0.1) is 0 Å². The first-order valence-corrected chi connectivity index (χ1v) is 11.5. The van der Waals surface area contributed by atoms with E-state index < -0.39 is 5.82 Å². The molecule has 1 spiro atoms. The number of carbonyl (C=O) groups is 1. The molecule has 3 aromatic rings. The topological polar surface area (TPSA) is 99.1 Å². The van der Waals surface area contributed by atoms with Gasteiger partial charge in [-0.3, -0.25) is 4.79 Å². The van der Waals surface area contributed by atoms with E-state index in [0.717, 1.165) is 31.5 Å². The minimum absolute atomic E-state index is 0.00318. The fourth-order valence-electron chi connectivity index (χ4n) is 5.14. The number of aromatic nitrogens is 2. The van der Waals surface area contributed by atoms with Crippen molar-refractivity contribution in [1.82, 2.24) is 14.9 Å². The van der Waals surface area contributed by atoms with Gasteiger partial charge in [-0.1, -0.05) is 6.07 Å². The third kappa shape index (κ3) is 3.32. The number of likely N-dealkylation sites (tertiary alicyclic amines) is 1. The highest BCUT2D eigenvalue weighted by Gasteiger charge is 2.52. The van der Waals surface area contributed by atoms with Crippen molar-refractivity contribution in [1.29, 1.82) is 5.26 Å². The molecule has 1 aliphatic carbocycles. The molecule has 2 aliphatic heterocycles. The lowest BCUT2D eigenvalue weighted by Crippen LogP contribution is -2.31. The van der Waals surface area contributed by atoms with Gasteiger partial charge >= 0.3 is 0 Å². The molecule has 2 fully saturated rings. The highest BCUT2D eigenvalue weighted by Crippen LogP contribution is 2.57. The molecule has 1 amide bonds. The number of carbonyl (C=O) groups excluding carboxylic acids is 1. The second-order valence-electron chi connectivity index (χ2n) is 9.48. The Balaban J connectivity index is 1.33. The third-order valence-electron chi connectivity index (χ3n) is 7.22. The van der Waals surface area contributed by atoms with Crippen LogP contribution < -0.4 is 10.6 Å². The summed E-state index contributed by atoms with van der Waals surface area (Å²) in [6.45, 7) is 2.02. The van der Waals surface area contributed by atoms with Gasteiger partial charge in [0.2, 0.25) is 5.95 Å². The number of benzene rings is 2. The molecule has 0 bridgehead atoms. The summed E-state index contributed by atoms with van der Waals surface area (Å²) in [5.74, 6) is 0.0820. The van der Waals surface area contributed by atoms with E-state index >= 15 is 0 Å². The zero-order valence-electron chi connectivity index (χ0n) is 18.5. The molecule has 2 aromatic carbocycles. The summed E-state index contributed by atoms with van der Waals surface area (Å²) in [4.78, 5) is 26.0. The molecule has 2 N–H and O–H groups in total. The molecule has 0 radical (unpaired) electrons. The monoisotopic (exact) mass is 454 g/mol. The summed E-state index contributed by atoms with van der Waals surface area (Å²) < 4.78 is 14.4. The maximum absolute atomic E-state index is 14.4. The van der Waals surface area contributed by atoms with Crippen LogP contribution in [0, 0.1) is 17.1 Å². The van der Waals surface area contributed by atoms with Crippen LogP contribution >= 0.6 is 0 Å². The van der Waals surface area contributed by atoms with E-state index in [1.54, 1.807) is 12.4 Å². The number of rotatable bonds is 3. The maximum Gasteiger partial charge on any atom is 0.253 e. The SMILES string of the molecule is N#Cc1ccc(F)c(-c2cnc(N3CC4(CC4)c4ccc(C(=O)N5CC[C@@H](N)C5)cc43)nc2)c1. The molecule has 34 heavy (non-hydrogen) atoms. The van der Waals surface area contributed by atoms with Gasteiger partial charge in [0, 0.05) is 65.9 Å². The predicted molar refractivity (Wildman–Crippen MR) is 125 cm³/mol. The minimum atomic E-state index is -0.427. The lowest BCUT2D eigenvalue weighted by atomic mass is 9.97. The summed E-state index contributed by atoms with van der Waals surface area (Å²) in [5.41, 5.74) is 10.1. The number of halogens is 1. The van der Waals surface area contributed by atoms with E-state index in [0.29, 0.717) is 41.3 Å². The second kappa shape index (κ2) is 7.61. The number of hydrogen-bond donors (Lipinski definition) is 1. The largest absolute Gasteiger partial charge is 0.337 e. The van der Waals surface area contributed by atoms with Gasteiger partial charge in [-0.2, -0.15) is 5.26 Å². The number of hydrogen-bond acceptors (Lipinski definition) is 6. The van der Waals surface area contributed by atoms with E-state index in [9.17, 15) is 9.18 Å². The number of nitrogens with two attached hydrogens (primary N) is 1. The van der Waals surface area contributed by atoms with Crippen LogP contribution in [0.5, 0.6) is 0 Å². The van der Waals surface area contributed by atoms with Crippen molar-refractivity contribution in [2.45, 2.75) is 30.7 Å². The van der Waals surface area contributed by atoms with Crippen molar-refractivity contribution in [3.63, 3.8) is 0 Å². The van der Waals surface area contributed by atoms with E-state index in [-0.39, 0.29) is 17.4 Å². The van der Waals surface area contributed by atoms with Gasteiger partial charge in [0.25, 0.3) is 5.91 Å². The number of anilines is 2. The van der Waals surface area contributed by atoms with Crippen LogP contribution in [0.3, 0.4) is 0 Å². The molecule has 170 valence electrons. The number of amides is 1. The minimum Gasteiger partial charge on any atom is -0.337 e. The first kappa shape index (κ1) is 20.8. The fourth-order valence-corrected chi connectivity index (χ4v) is 5.14. The predicted octanol–water partition coefficient (Wildman–Crippen LogP) is 3.51. The van der Waals surface area contributed by atoms with Crippen molar-refractivity contribution >= 4 is 17.5 Å². The normalized spacial score (nSPS) is 19.9. The van der Waals surface area contributed by atoms with Crippen LogP contribution in [0.2, 0.25) is 0 Å². The van der Waals surface area contributed by atoms with Gasteiger partial charge in [0.05, 0.1) is 11.6 Å². The molecule has 1 saturated carbocycles. The van der Waals surface area contributed by atoms with E-state index in [4.69, 9.17) is 11.0 Å². The van der Waals surface area contributed by atoms with Gasteiger partial charge < -0.3 is 15.5 Å². The van der Waals surface area contributed by atoms with Crippen molar-refractivity contribution in [3.05, 3.63) is 71.3 Å². The van der Waals surface area contributed by atoms with Gasteiger partial charge in [-0.25, -0.2) is 14.4 Å². The number of fused-ring (bicyclic) bond motifs is 2. The summed E-state index contributed by atoms with van der Waals surface area (Å²) in [6.07, 6.45) is 6.17. The van der Waals surface area contributed by atoms with Crippen molar-refractivity contribution < 1.29 is 9.18 Å². The van der Waals surface area contributed by atoms with E-state index in [2.05, 4.69) is 20.9 Å². The van der Waals surface area contributed by atoms with Crippen LogP contribution in [0.15, 0.2) is 48.8 Å². The first-order chi connectivity index (χ1) is 16.5. The Morgan fingerprint density at radius 1 is 1.18 bits per heavy atom. The maximum atomic E-state index is 14.4. The van der Waals surface area contributed by atoms with Crippen molar-refractivity contribution in [3.8, 4) is 17.2 Å². The molecule has 0 unspecified atom stereocenters. The third-order valence-corrected chi connectivity index (χ3v) is 7.22. The number of nitrogens with zero attached hydrogens (tertiary/aromatic N) is 5. The van der Waals surface area contributed by atoms with Gasteiger partial charge in [0.1, 0.15) is 5.82 Å². The summed E-state index contributed by atoms with van der Waals surface area (Å²) >= 11 is 0. The van der Waals surface area contributed by atoms with E-state index in [1.807, 2.05) is 23.1 Å². The zero-order valence-corrected chi connectivity index (χ0v) is 18.5. The molecule has 6 rings (SSSR count). The Morgan fingerprint density at radius 2 is 1.97 bits per heavy atom. The lowest BCUT2D eigenvalue weighted by molar-refractivity contribution is 0.0791. The first-order valence-electron chi connectivity index (χ1n) is 11.5. The highest BCUT2D eigenvalue weighted by atomic mass is 19.1. The quantitative estimate of drug-likeness (QED) is 0.650. The average Bonchev–Trinajstić information content (AvgIpc) is 3.40. The Labute approximate surface area is 196 Å². The molecule has 8 heteroatoms. The average molecular weight is 455 g/mol. The van der Waals surface area contributed by atoms with Crippen LogP contribution in [-0.4, -0.2) is 46.5 Å². The summed E-state index contributed by atoms with van der Waals surface area (Å²) in [7, 11) is 0. The van der Waals surface area contributed by atoms with Gasteiger partial charge in [0.15, 0.2) is 0 Å². The smallest absolute Gasteiger partial charge is 0.253 e. The Bertz CT molecular complexity index is 1340. The molecule has 3 heterocycles. The standard InChI is InChI=1S/C26H23FN6O/c27-22-4-1-16(11-28)9-20(22)18-12-30-25(31-13-18)33-15-26(6-7-26)21-3-2-17(10-23(21)33)24(34)32-8-5-19(29)14-32/h1-4,9-10,12-13,19H,5-8,14-15,29H2/t19-/m1/s1. The molecule has 1 aromatic heterocycles. The zero-order chi connectivity index (χ0) is 23.4. The highest BCUT2D eigenvalue weighted by molar-refractivity contribution is 5.96. The molecular formula is C26H23FN6O. The van der Waals surface area contributed by atoms with Crippen LogP contribution in [0.25, 0.3) is 11.1 Å². The fraction of sp³-hybridized carbons (Fsp3) is 0.308. The molecule has 1 atom stereocenters. The van der Waals surface area contributed by atoms with Crippen molar-refractivity contribution in [2.24, 2.45) is 5.73 Å². The van der Waals surface area contributed by atoms with E-state index in [1.165, 1.54) is 23.8 Å². The van der Waals surface area contributed by atoms with Crippen LogP contribution in [-0.2, 0) is 5.41 Å². The van der Waals surface area contributed by atoms with Gasteiger partial charge in [-0.05, 0) is 55.2 Å². The van der Waals surface area contributed by atoms with Crippen LogP contribution in [0.1, 0.15) is 40.7 Å². The number of nitriles is 1. The van der Waals surface area contributed by atoms with Crippen molar-refractivity contribution in [2.75, 3.05) is 24.5 Å². The lowest BCUT2D eigenvalue weighted by Gasteiger charge is -2.20. The second-order valence-corrected chi connectivity index (χ2v) is 9.48. The Kier molecular flexibility index (Phi) is 4.64. The molecular weight excluding hydrogens is 431 g/mol. The van der Waals surface area contributed by atoms with Crippen LogP contribution in [0.4, 0.5) is 16.0 Å². The molecule has 7 nitrogen and oxygen atoms in total. The molecule has 3 aliphatic rings. The Hall–Kier alpha value is -3.83. The Morgan fingerprint density at radius 3 is 2.65 bits per heavy atom.